The molecule has 0 radical (unpaired) electrons. The Balaban J connectivity index is 1.43. The van der Waals surface area contributed by atoms with E-state index in [-0.39, 0.29) is 0 Å². The van der Waals surface area contributed by atoms with Crippen LogP contribution in [0.4, 0.5) is 16.2 Å². The van der Waals surface area contributed by atoms with E-state index < -0.39 is 6.09 Å². The van der Waals surface area contributed by atoms with Crippen molar-refractivity contribution < 1.29 is 18.7 Å². The molecule has 1 aliphatic rings. The molecule has 1 N–H and O–H groups in total. The van der Waals surface area contributed by atoms with E-state index in [1.54, 1.807) is 31.6 Å². The number of amides is 1. The summed E-state index contributed by atoms with van der Waals surface area (Å²) in [6.45, 7) is 3.74. The summed E-state index contributed by atoms with van der Waals surface area (Å²) in [6.07, 6.45) is 4.16. The van der Waals surface area contributed by atoms with Gasteiger partial charge in [-0.2, -0.15) is 0 Å². The zero-order chi connectivity index (χ0) is 20.9. The molecule has 1 saturated heterocycles. The number of piperazine rings is 1. The Kier molecular flexibility index (Phi) is 5.85. The molecule has 0 spiro atoms. The smallest absolute Gasteiger partial charge is 0.417 e. The second-order valence-electron chi connectivity index (χ2n) is 7.07. The number of ether oxygens (including phenoxy) is 2. The van der Waals surface area contributed by atoms with Gasteiger partial charge in [-0.05, 0) is 37.4 Å². The van der Waals surface area contributed by atoms with Gasteiger partial charge in [0.15, 0.2) is 5.75 Å². The first-order valence-electron chi connectivity index (χ1n) is 9.71. The molecule has 0 bridgehead atoms. The van der Waals surface area contributed by atoms with Crippen LogP contribution in [0.3, 0.4) is 0 Å². The Hall–Kier alpha value is -3.52. The molecule has 30 heavy (non-hydrogen) atoms. The highest BCUT2D eigenvalue weighted by Crippen LogP contribution is 2.32. The number of benzene rings is 1. The summed E-state index contributed by atoms with van der Waals surface area (Å²) in [6, 6.07) is 10.8. The summed E-state index contributed by atoms with van der Waals surface area (Å²) in [4.78, 5) is 20.9. The lowest BCUT2D eigenvalue weighted by atomic mass is 10.2. The molecular weight excluding hydrogens is 384 g/mol. The van der Waals surface area contributed by atoms with E-state index in [4.69, 9.17) is 13.9 Å². The number of hydrogen-bond acceptors (Lipinski definition) is 7. The van der Waals surface area contributed by atoms with Gasteiger partial charge in [0.25, 0.3) is 0 Å². The first kappa shape index (κ1) is 19.8. The van der Waals surface area contributed by atoms with Crippen LogP contribution in [0, 0.1) is 0 Å². The molecule has 0 saturated carbocycles. The summed E-state index contributed by atoms with van der Waals surface area (Å²) in [5.74, 6) is 1.70. The van der Waals surface area contributed by atoms with Gasteiger partial charge in [-0.1, -0.05) is 0 Å². The molecule has 4 rings (SSSR count). The van der Waals surface area contributed by atoms with E-state index in [1.165, 1.54) is 6.26 Å². The first-order chi connectivity index (χ1) is 14.6. The Bertz CT molecular complexity index is 997. The highest BCUT2D eigenvalue weighted by atomic mass is 16.6. The predicted octanol–water partition coefficient (Wildman–Crippen LogP) is 3.71. The molecule has 156 valence electrons. The maximum Gasteiger partial charge on any atom is 0.417 e. The van der Waals surface area contributed by atoms with Gasteiger partial charge in [0.05, 0.1) is 12.8 Å². The van der Waals surface area contributed by atoms with Crippen LogP contribution in [0.2, 0.25) is 0 Å². The fourth-order valence-electron chi connectivity index (χ4n) is 3.35. The Labute approximate surface area is 175 Å². The van der Waals surface area contributed by atoms with Crippen LogP contribution in [-0.4, -0.2) is 56.3 Å². The number of furan rings is 1. The maximum atomic E-state index is 12.4. The fourth-order valence-corrected chi connectivity index (χ4v) is 3.35. The van der Waals surface area contributed by atoms with Crippen LogP contribution in [0.25, 0.3) is 11.3 Å². The van der Waals surface area contributed by atoms with Crippen LogP contribution >= 0.6 is 0 Å². The van der Waals surface area contributed by atoms with Crippen LogP contribution in [0.5, 0.6) is 11.5 Å². The van der Waals surface area contributed by atoms with Gasteiger partial charge in [0, 0.05) is 55.9 Å². The van der Waals surface area contributed by atoms with Gasteiger partial charge in [-0.3, -0.25) is 10.3 Å². The monoisotopic (exact) mass is 408 g/mol. The maximum absolute atomic E-state index is 12.4. The molecule has 3 aromatic rings. The molecule has 0 aliphatic carbocycles. The third-order valence-corrected chi connectivity index (χ3v) is 5.02. The SMILES string of the molecule is COc1ccc(NC(=O)Oc2coc(-c3ccncc3)c2)cc1N1CCN(C)CC1. The second-order valence-corrected chi connectivity index (χ2v) is 7.07. The van der Waals surface area contributed by atoms with Crippen molar-refractivity contribution in [3.63, 3.8) is 0 Å². The summed E-state index contributed by atoms with van der Waals surface area (Å²) >= 11 is 0. The van der Waals surface area contributed by atoms with E-state index in [9.17, 15) is 4.79 Å². The van der Waals surface area contributed by atoms with Crippen molar-refractivity contribution in [3.8, 4) is 22.8 Å². The normalized spacial score (nSPS) is 14.4. The Morgan fingerprint density at radius 1 is 1.10 bits per heavy atom. The molecular formula is C22H24N4O4. The number of carbonyl (C=O) groups excluding carboxylic acids is 1. The predicted molar refractivity (Wildman–Crippen MR) is 114 cm³/mol. The van der Waals surface area contributed by atoms with Crippen molar-refractivity contribution in [2.75, 3.05) is 50.6 Å². The zero-order valence-electron chi connectivity index (χ0n) is 17.0. The van der Waals surface area contributed by atoms with Crippen molar-refractivity contribution in [3.05, 3.63) is 55.1 Å². The molecule has 1 fully saturated rings. The molecule has 1 aliphatic heterocycles. The van der Waals surface area contributed by atoms with Gasteiger partial charge < -0.3 is 23.7 Å². The summed E-state index contributed by atoms with van der Waals surface area (Å²) in [7, 11) is 3.76. The average molecular weight is 408 g/mol. The lowest BCUT2D eigenvalue weighted by Gasteiger charge is -2.34. The molecule has 8 nitrogen and oxygen atoms in total. The largest absolute Gasteiger partial charge is 0.495 e. The van der Waals surface area contributed by atoms with E-state index in [1.807, 2.05) is 24.3 Å². The number of pyridine rings is 1. The minimum absolute atomic E-state index is 0.326. The number of carbonyl (C=O) groups is 1. The first-order valence-corrected chi connectivity index (χ1v) is 9.71. The van der Waals surface area contributed by atoms with Crippen molar-refractivity contribution in [2.24, 2.45) is 0 Å². The molecule has 0 atom stereocenters. The molecule has 2 aromatic heterocycles. The van der Waals surface area contributed by atoms with Gasteiger partial charge >= 0.3 is 6.09 Å². The van der Waals surface area contributed by atoms with Crippen molar-refractivity contribution >= 4 is 17.5 Å². The topological polar surface area (TPSA) is 80.1 Å². The minimum Gasteiger partial charge on any atom is -0.495 e. The van der Waals surface area contributed by atoms with Crippen LogP contribution in [0.1, 0.15) is 0 Å². The van der Waals surface area contributed by atoms with Crippen molar-refractivity contribution in [1.29, 1.82) is 0 Å². The fraction of sp³-hybridized carbons (Fsp3) is 0.273. The highest BCUT2D eigenvalue weighted by molar-refractivity contribution is 5.87. The number of aromatic nitrogens is 1. The van der Waals surface area contributed by atoms with E-state index >= 15 is 0 Å². The average Bonchev–Trinajstić information content (AvgIpc) is 3.23. The number of nitrogens with one attached hydrogen (secondary N) is 1. The van der Waals surface area contributed by atoms with E-state index in [0.717, 1.165) is 43.2 Å². The number of methoxy groups -OCH3 is 1. The number of hydrogen-bond donors (Lipinski definition) is 1. The summed E-state index contributed by atoms with van der Waals surface area (Å²) < 4.78 is 16.4. The number of rotatable bonds is 5. The van der Waals surface area contributed by atoms with Gasteiger partial charge in [0.1, 0.15) is 17.8 Å². The van der Waals surface area contributed by atoms with Crippen LogP contribution in [0.15, 0.2) is 59.5 Å². The number of anilines is 2. The lowest BCUT2D eigenvalue weighted by molar-refractivity contribution is 0.214. The van der Waals surface area contributed by atoms with Gasteiger partial charge in [-0.15, -0.1) is 0 Å². The highest BCUT2D eigenvalue weighted by Gasteiger charge is 2.19. The lowest BCUT2D eigenvalue weighted by Crippen LogP contribution is -2.44. The summed E-state index contributed by atoms with van der Waals surface area (Å²) in [5, 5.41) is 2.77. The molecule has 1 amide bonds. The standard InChI is InChI=1S/C22H24N4O4/c1-25-9-11-26(12-10-25)19-13-17(3-4-20(19)28-2)24-22(27)30-18-14-21(29-15-18)16-5-7-23-8-6-16/h3-8,13-15H,9-12H2,1-2H3,(H,24,27). The molecule has 1 aromatic carbocycles. The van der Waals surface area contributed by atoms with Crippen LogP contribution in [-0.2, 0) is 0 Å². The molecule has 0 unspecified atom stereocenters. The van der Waals surface area contributed by atoms with Crippen LogP contribution < -0.4 is 19.7 Å². The quantitative estimate of drug-likeness (QED) is 0.689. The van der Waals surface area contributed by atoms with E-state index in [0.29, 0.717) is 17.2 Å². The van der Waals surface area contributed by atoms with Crippen molar-refractivity contribution in [1.82, 2.24) is 9.88 Å². The number of likely N-dealkylation sites (N-methyl/N-ethyl adjacent to an activating group) is 1. The van der Waals surface area contributed by atoms with Crippen molar-refractivity contribution in [2.45, 2.75) is 0 Å². The van der Waals surface area contributed by atoms with Gasteiger partial charge in [0.2, 0.25) is 0 Å². The third kappa shape index (κ3) is 4.55. The zero-order valence-corrected chi connectivity index (χ0v) is 17.0. The minimum atomic E-state index is -0.591. The molecule has 8 heteroatoms. The second kappa shape index (κ2) is 8.87. The third-order valence-electron chi connectivity index (χ3n) is 5.02. The number of nitrogens with zero attached hydrogens (tertiary/aromatic N) is 3. The van der Waals surface area contributed by atoms with E-state index in [2.05, 4.69) is 27.1 Å². The molecule has 3 heterocycles. The Morgan fingerprint density at radius 2 is 1.87 bits per heavy atom. The summed E-state index contributed by atoms with van der Waals surface area (Å²) in [5.41, 5.74) is 2.44. The van der Waals surface area contributed by atoms with Gasteiger partial charge in [-0.25, -0.2) is 4.79 Å². The Morgan fingerprint density at radius 3 is 2.60 bits per heavy atom.